The molecular weight excluding hydrogens is 232 g/mol. The number of benzene rings is 1. The fourth-order valence-corrected chi connectivity index (χ4v) is 2.77. The second-order valence-electron chi connectivity index (χ2n) is 5.99. The van der Waals surface area contributed by atoms with Crippen molar-refractivity contribution in [1.82, 2.24) is 0 Å². The van der Waals surface area contributed by atoms with Crippen molar-refractivity contribution >= 4 is 0 Å². The quantitative estimate of drug-likeness (QED) is 0.609. The zero-order valence-electron chi connectivity index (χ0n) is 13.3. The summed E-state index contributed by atoms with van der Waals surface area (Å²) >= 11 is 0. The van der Waals surface area contributed by atoms with Gasteiger partial charge in [-0.3, -0.25) is 0 Å². The maximum Gasteiger partial charge on any atom is 0.122 e. The molecule has 0 amide bonds. The second-order valence-corrected chi connectivity index (χ2v) is 5.99. The van der Waals surface area contributed by atoms with Gasteiger partial charge in [0.1, 0.15) is 5.75 Å². The molecule has 0 saturated carbocycles. The van der Waals surface area contributed by atoms with E-state index < -0.39 is 0 Å². The minimum atomic E-state index is 0.813. The van der Waals surface area contributed by atoms with Gasteiger partial charge in [-0.1, -0.05) is 45.7 Å². The largest absolute Gasteiger partial charge is 0.496 e. The van der Waals surface area contributed by atoms with Gasteiger partial charge in [0.2, 0.25) is 0 Å². The minimum Gasteiger partial charge on any atom is -0.496 e. The molecule has 19 heavy (non-hydrogen) atoms. The molecule has 0 aliphatic carbocycles. The van der Waals surface area contributed by atoms with Crippen LogP contribution in [0.1, 0.15) is 57.6 Å². The topological polar surface area (TPSA) is 9.23 Å². The van der Waals surface area contributed by atoms with Crippen LogP contribution in [0.15, 0.2) is 18.2 Å². The Bertz CT molecular complexity index is 368. The van der Waals surface area contributed by atoms with E-state index in [1.165, 1.54) is 43.2 Å². The molecule has 0 N–H and O–H groups in total. The number of hydrogen-bond donors (Lipinski definition) is 0. The molecule has 0 aliphatic rings. The number of hydrogen-bond acceptors (Lipinski definition) is 1. The second kappa shape index (κ2) is 8.24. The first kappa shape index (κ1) is 16.1. The predicted molar refractivity (Wildman–Crippen MR) is 83.9 cm³/mol. The van der Waals surface area contributed by atoms with E-state index >= 15 is 0 Å². The summed E-state index contributed by atoms with van der Waals surface area (Å²) in [5.74, 6) is 2.72. The van der Waals surface area contributed by atoms with E-state index in [0.717, 1.165) is 17.6 Å². The standard InChI is InChI=1S/C18H30O/c1-6-8-17(14(2)3)10-7-9-16-12-11-15(4)18(13-16)19-5/h11-14,17H,6-10H2,1-5H3. The Labute approximate surface area is 119 Å². The lowest BCUT2D eigenvalue weighted by atomic mass is 9.86. The van der Waals surface area contributed by atoms with Crippen LogP contribution >= 0.6 is 0 Å². The van der Waals surface area contributed by atoms with Gasteiger partial charge in [-0.15, -0.1) is 0 Å². The monoisotopic (exact) mass is 262 g/mol. The first-order valence-electron chi connectivity index (χ1n) is 7.72. The zero-order valence-corrected chi connectivity index (χ0v) is 13.3. The summed E-state index contributed by atoms with van der Waals surface area (Å²) in [6.07, 6.45) is 6.48. The Hall–Kier alpha value is -0.980. The maximum atomic E-state index is 5.39. The Morgan fingerprint density at radius 3 is 2.47 bits per heavy atom. The van der Waals surface area contributed by atoms with Gasteiger partial charge in [-0.05, 0) is 55.2 Å². The molecule has 1 nitrogen and oxygen atoms in total. The van der Waals surface area contributed by atoms with E-state index in [4.69, 9.17) is 4.74 Å². The Balaban J connectivity index is 2.48. The van der Waals surface area contributed by atoms with Gasteiger partial charge < -0.3 is 4.74 Å². The molecule has 0 fully saturated rings. The number of methoxy groups -OCH3 is 1. The smallest absolute Gasteiger partial charge is 0.122 e. The maximum absolute atomic E-state index is 5.39. The molecule has 0 heterocycles. The van der Waals surface area contributed by atoms with Crippen molar-refractivity contribution < 1.29 is 4.74 Å². The average Bonchev–Trinajstić information content (AvgIpc) is 2.39. The molecule has 108 valence electrons. The summed E-state index contributed by atoms with van der Waals surface area (Å²) in [6, 6.07) is 6.60. The van der Waals surface area contributed by atoms with Crippen molar-refractivity contribution in [3.05, 3.63) is 29.3 Å². The number of ether oxygens (including phenoxy) is 1. The van der Waals surface area contributed by atoms with Crippen molar-refractivity contribution in [3.63, 3.8) is 0 Å². The fourth-order valence-electron chi connectivity index (χ4n) is 2.77. The molecule has 1 heteroatoms. The van der Waals surface area contributed by atoms with Crippen molar-refractivity contribution in [2.75, 3.05) is 7.11 Å². The van der Waals surface area contributed by atoms with Crippen LogP contribution in [0, 0.1) is 18.8 Å². The summed E-state index contributed by atoms with van der Waals surface area (Å²) < 4.78 is 5.39. The van der Waals surface area contributed by atoms with Crippen LogP contribution in [0.4, 0.5) is 0 Å². The Morgan fingerprint density at radius 1 is 1.16 bits per heavy atom. The molecule has 0 aromatic heterocycles. The van der Waals surface area contributed by atoms with E-state index in [0.29, 0.717) is 0 Å². The summed E-state index contributed by atoms with van der Waals surface area (Å²) in [4.78, 5) is 0. The van der Waals surface area contributed by atoms with E-state index in [-0.39, 0.29) is 0 Å². The van der Waals surface area contributed by atoms with Gasteiger partial charge in [0.25, 0.3) is 0 Å². The van der Waals surface area contributed by atoms with Crippen molar-refractivity contribution in [3.8, 4) is 5.75 Å². The van der Waals surface area contributed by atoms with Gasteiger partial charge in [0.05, 0.1) is 7.11 Å². The Kier molecular flexibility index (Phi) is 6.97. The van der Waals surface area contributed by atoms with E-state index in [2.05, 4.69) is 45.9 Å². The van der Waals surface area contributed by atoms with Crippen LogP contribution in [-0.4, -0.2) is 7.11 Å². The first-order chi connectivity index (χ1) is 9.08. The van der Waals surface area contributed by atoms with E-state index in [1.807, 2.05) is 0 Å². The highest BCUT2D eigenvalue weighted by molar-refractivity contribution is 5.36. The molecule has 1 aromatic carbocycles. The van der Waals surface area contributed by atoms with Crippen LogP contribution in [0.25, 0.3) is 0 Å². The minimum absolute atomic E-state index is 0.813. The van der Waals surface area contributed by atoms with Gasteiger partial charge >= 0.3 is 0 Å². The molecule has 1 unspecified atom stereocenters. The molecule has 0 radical (unpaired) electrons. The SMILES string of the molecule is CCCC(CCCc1ccc(C)c(OC)c1)C(C)C. The summed E-state index contributed by atoms with van der Waals surface area (Å²) in [5, 5.41) is 0. The van der Waals surface area contributed by atoms with Crippen LogP contribution in [-0.2, 0) is 6.42 Å². The highest BCUT2D eigenvalue weighted by Crippen LogP contribution is 2.25. The normalized spacial score (nSPS) is 12.7. The molecule has 1 rings (SSSR count). The highest BCUT2D eigenvalue weighted by atomic mass is 16.5. The fraction of sp³-hybridized carbons (Fsp3) is 0.667. The third kappa shape index (κ3) is 5.26. The van der Waals surface area contributed by atoms with Gasteiger partial charge in [-0.25, -0.2) is 0 Å². The lowest BCUT2D eigenvalue weighted by Gasteiger charge is -2.20. The average molecular weight is 262 g/mol. The molecule has 1 aromatic rings. The molecule has 1 atom stereocenters. The third-order valence-corrected chi connectivity index (χ3v) is 4.12. The van der Waals surface area contributed by atoms with E-state index in [9.17, 15) is 0 Å². The summed E-state index contributed by atoms with van der Waals surface area (Å²) in [6.45, 7) is 9.10. The predicted octanol–water partition coefficient (Wildman–Crippen LogP) is 5.40. The third-order valence-electron chi connectivity index (χ3n) is 4.12. The molecule has 0 bridgehead atoms. The Morgan fingerprint density at radius 2 is 1.89 bits per heavy atom. The molecular formula is C18H30O. The molecule has 0 aliphatic heterocycles. The van der Waals surface area contributed by atoms with Gasteiger partial charge in [-0.2, -0.15) is 0 Å². The lowest BCUT2D eigenvalue weighted by Crippen LogP contribution is -2.08. The van der Waals surface area contributed by atoms with Gasteiger partial charge in [0.15, 0.2) is 0 Å². The highest BCUT2D eigenvalue weighted by Gasteiger charge is 2.12. The molecule has 0 saturated heterocycles. The van der Waals surface area contributed by atoms with Crippen LogP contribution in [0.2, 0.25) is 0 Å². The van der Waals surface area contributed by atoms with Crippen molar-refractivity contribution in [1.29, 1.82) is 0 Å². The molecule has 0 spiro atoms. The van der Waals surface area contributed by atoms with Crippen molar-refractivity contribution in [2.24, 2.45) is 11.8 Å². The lowest BCUT2D eigenvalue weighted by molar-refractivity contribution is 0.326. The number of rotatable bonds is 8. The van der Waals surface area contributed by atoms with Crippen LogP contribution in [0.3, 0.4) is 0 Å². The first-order valence-corrected chi connectivity index (χ1v) is 7.72. The van der Waals surface area contributed by atoms with E-state index in [1.54, 1.807) is 7.11 Å². The number of aryl methyl sites for hydroxylation is 2. The van der Waals surface area contributed by atoms with Crippen LogP contribution in [0.5, 0.6) is 5.75 Å². The van der Waals surface area contributed by atoms with Crippen LogP contribution < -0.4 is 4.74 Å². The summed E-state index contributed by atoms with van der Waals surface area (Å²) in [5.41, 5.74) is 2.62. The summed E-state index contributed by atoms with van der Waals surface area (Å²) in [7, 11) is 1.75. The van der Waals surface area contributed by atoms with Crippen molar-refractivity contribution in [2.45, 2.75) is 59.8 Å². The zero-order chi connectivity index (χ0) is 14.3. The van der Waals surface area contributed by atoms with Gasteiger partial charge in [0, 0.05) is 0 Å².